The summed E-state index contributed by atoms with van der Waals surface area (Å²) in [5.74, 6) is 1.51. The van der Waals surface area contributed by atoms with E-state index in [0.29, 0.717) is 17.8 Å². The van der Waals surface area contributed by atoms with Crippen molar-refractivity contribution in [1.82, 2.24) is 14.8 Å². The van der Waals surface area contributed by atoms with Crippen LogP contribution in [0.3, 0.4) is 0 Å². The second kappa shape index (κ2) is 5.30. The van der Waals surface area contributed by atoms with Crippen LogP contribution in [0.2, 0.25) is 0 Å². The predicted molar refractivity (Wildman–Crippen MR) is 78.6 cm³/mol. The molecule has 19 heavy (non-hydrogen) atoms. The third-order valence-electron chi connectivity index (χ3n) is 2.89. The SMILES string of the molecule is Cc1ccc(C)c(-n2nc(NCC(C)C)nc2N)c1. The first kappa shape index (κ1) is 13.4. The zero-order valence-electron chi connectivity index (χ0n) is 11.9. The molecule has 1 aromatic heterocycles. The average Bonchev–Trinajstić information content (AvgIpc) is 2.71. The van der Waals surface area contributed by atoms with Crippen LogP contribution in [0.1, 0.15) is 25.0 Å². The molecule has 0 unspecified atom stereocenters. The maximum Gasteiger partial charge on any atom is 0.244 e. The van der Waals surface area contributed by atoms with Crippen LogP contribution in [0.5, 0.6) is 0 Å². The molecule has 0 saturated heterocycles. The van der Waals surface area contributed by atoms with E-state index >= 15 is 0 Å². The van der Waals surface area contributed by atoms with E-state index in [4.69, 9.17) is 5.73 Å². The van der Waals surface area contributed by atoms with Gasteiger partial charge in [0.15, 0.2) is 0 Å². The fourth-order valence-electron chi connectivity index (χ4n) is 1.82. The Labute approximate surface area is 113 Å². The summed E-state index contributed by atoms with van der Waals surface area (Å²) in [6.07, 6.45) is 0. The molecule has 0 spiro atoms. The van der Waals surface area contributed by atoms with Crippen LogP contribution >= 0.6 is 0 Å². The van der Waals surface area contributed by atoms with Gasteiger partial charge in [-0.3, -0.25) is 0 Å². The lowest BCUT2D eigenvalue weighted by Gasteiger charge is -2.07. The molecule has 1 heterocycles. The zero-order valence-corrected chi connectivity index (χ0v) is 11.9. The number of aryl methyl sites for hydroxylation is 2. The number of hydrogen-bond donors (Lipinski definition) is 2. The summed E-state index contributed by atoms with van der Waals surface area (Å²) in [5, 5.41) is 7.61. The Balaban J connectivity index is 2.32. The molecule has 0 atom stereocenters. The number of rotatable bonds is 4. The smallest absolute Gasteiger partial charge is 0.244 e. The summed E-state index contributed by atoms with van der Waals surface area (Å²) in [4.78, 5) is 4.25. The van der Waals surface area contributed by atoms with Crippen molar-refractivity contribution in [2.75, 3.05) is 17.6 Å². The van der Waals surface area contributed by atoms with Gasteiger partial charge in [0.1, 0.15) is 0 Å². The highest BCUT2D eigenvalue weighted by Crippen LogP contribution is 2.19. The lowest BCUT2D eigenvalue weighted by molar-refractivity contribution is 0.684. The van der Waals surface area contributed by atoms with Crippen molar-refractivity contribution in [1.29, 1.82) is 0 Å². The molecule has 3 N–H and O–H groups in total. The summed E-state index contributed by atoms with van der Waals surface area (Å²) in [6, 6.07) is 6.20. The molecule has 0 fully saturated rings. The van der Waals surface area contributed by atoms with Gasteiger partial charge >= 0.3 is 0 Å². The van der Waals surface area contributed by atoms with E-state index in [9.17, 15) is 0 Å². The zero-order chi connectivity index (χ0) is 14.0. The monoisotopic (exact) mass is 259 g/mol. The number of anilines is 2. The summed E-state index contributed by atoms with van der Waals surface area (Å²) in [6.45, 7) is 9.19. The Morgan fingerprint density at radius 3 is 2.74 bits per heavy atom. The molecule has 2 aromatic rings. The summed E-state index contributed by atoms with van der Waals surface area (Å²) in [5.41, 5.74) is 9.22. The van der Waals surface area contributed by atoms with E-state index in [2.05, 4.69) is 47.4 Å². The van der Waals surface area contributed by atoms with Crippen molar-refractivity contribution in [3.8, 4) is 5.69 Å². The highest BCUT2D eigenvalue weighted by molar-refractivity contribution is 5.48. The summed E-state index contributed by atoms with van der Waals surface area (Å²) in [7, 11) is 0. The van der Waals surface area contributed by atoms with Gasteiger partial charge in [-0.25, -0.2) is 0 Å². The van der Waals surface area contributed by atoms with E-state index in [1.807, 2.05) is 13.8 Å². The van der Waals surface area contributed by atoms with Gasteiger partial charge in [-0.05, 0) is 37.0 Å². The lowest BCUT2D eigenvalue weighted by Crippen LogP contribution is -2.09. The molecule has 0 radical (unpaired) electrons. The molecule has 0 saturated carbocycles. The first-order chi connectivity index (χ1) is 8.97. The second-order valence-corrected chi connectivity index (χ2v) is 5.27. The van der Waals surface area contributed by atoms with Gasteiger partial charge in [0.25, 0.3) is 0 Å². The molecule has 5 nitrogen and oxygen atoms in total. The molecule has 102 valence electrons. The maximum absolute atomic E-state index is 5.95. The Bertz CT molecular complexity index is 571. The first-order valence-corrected chi connectivity index (χ1v) is 6.51. The Kier molecular flexibility index (Phi) is 3.74. The molecular formula is C14H21N5. The normalized spacial score (nSPS) is 11.0. The van der Waals surface area contributed by atoms with E-state index < -0.39 is 0 Å². The van der Waals surface area contributed by atoms with Crippen LogP contribution in [0, 0.1) is 19.8 Å². The van der Waals surface area contributed by atoms with Gasteiger partial charge in [-0.1, -0.05) is 26.0 Å². The van der Waals surface area contributed by atoms with Gasteiger partial charge in [-0.2, -0.15) is 9.67 Å². The lowest BCUT2D eigenvalue weighted by atomic mass is 10.1. The fraction of sp³-hybridized carbons (Fsp3) is 0.429. The molecule has 0 bridgehead atoms. The number of hydrogen-bond acceptors (Lipinski definition) is 4. The third-order valence-corrected chi connectivity index (χ3v) is 2.89. The molecule has 0 aliphatic rings. The van der Waals surface area contributed by atoms with Gasteiger partial charge in [0.2, 0.25) is 11.9 Å². The van der Waals surface area contributed by atoms with Gasteiger partial charge in [0.05, 0.1) is 5.69 Å². The number of aromatic nitrogens is 3. The van der Waals surface area contributed by atoms with Crippen molar-refractivity contribution >= 4 is 11.9 Å². The first-order valence-electron chi connectivity index (χ1n) is 6.51. The Morgan fingerprint density at radius 1 is 1.32 bits per heavy atom. The predicted octanol–water partition coefficient (Wildman–Crippen LogP) is 2.53. The topological polar surface area (TPSA) is 68.8 Å². The molecule has 0 aliphatic heterocycles. The van der Waals surface area contributed by atoms with Gasteiger partial charge in [-0.15, -0.1) is 5.10 Å². The van der Waals surface area contributed by atoms with Crippen molar-refractivity contribution in [3.63, 3.8) is 0 Å². The minimum atomic E-state index is 0.403. The second-order valence-electron chi connectivity index (χ2n) is 5.27. The number of nitrogens with one attached hydrogen (secondary N) is 1. The van der Waals surface area contributed by atoms with E-state index in [1.165, 1.54) is 5.56 Å². The molecule has 1 aromatic carbocycles. The molecule has 5 heteroatoms. The molecule has 0 aliphatic carbocycles. The van der Waals surface area contributed by atoms with Crippen LogP contribution < -0.4 is 11.1 Å². The van der Waals surface area contributed by atoms with Crippen LogP contribution in [0.25, 0.3) is 5.69 Å². The van der Waals surface area contributed by atoms with Crippen LogP contribution in [-0.2, 0) is 0 Å². The van der Waals surface area contributed by atoms with Crippen molar-refractivity contribution < 1.29 is 0 Å². The largest absolute Gasteiger partial charge is 0.368 e. The van der Waals surface area contributed by atoms with Crippen molar-refractivity contribution in [2.45, 2.75) is 27.7 Å². The van der Waals surface area contributed by atoms with E-state index in [1.54, 1.807) is 4.68 Å². The summed E-state index contributed by atoms with van der Waals surface area (Å²) < 4.78 is 1.69. The van der Waals surface area contributed by atoms with Crippen molar-refractivity contribution in [3.05, 3.63) is 29.3 Å². The quantitative estimate of drug-likeness (QED) is 0.885. The number of nitrogens with zero attached hydrogens (tertiary/aromatic N) is 3. The highest BCUT2D eigenvalue weighted by atomic mass is 15.4. The average molecular weight is 259 g/mol. The Morgan fingerprint density at radius 2 is 2.05 bits per heavy atom. The molecular weight excluding hydrogens is 238 g/mol. The van der Waals surface area contributed by atoms with E-state index in [-0.39, 0.29) is 0 Å². The van der Waals surface area contributed by atoms with Crippen LogP contribution in [0.4, 0.5) is 11.9 Å². The Hall–Kier alpha value is -2.04. The minimum Gasteiger partial charge on any atom is -0.368 e. The number of nitrogen functional groups attached to an aromatic ring is 1. The highest BCUT2D eigenvalue weighted by Gasteiger charge is 2.11. The van der Waals surface area contributed by atoms with Crippen molar-refractivity contribution in [2.24, 2.45) is 5.92 Å². The minimum absolute atomic E-state index is 0.403. The van der Waals surface area contributed by atoms with Gasteiger partial charge in [0, 0.05) is 6.54 Å². The van der Waals surface area contributed by atoms with Crippen LogP contribution in [0.15, 0.2) is 18.2 Å². The maximum atomic E-state index is 5.95. The molecule has 2 rings (SSSR count). The molecule has 0 amide bonds. The van der Waals surface area contributed by atoms with Gasteiger partial charge < -0.3 is 11.1 Å². The fourth-order valence-corrected chi connectivity index (χ4v) is 1.82. The van der Waals surface area contributed by atoms with E-state index in [0.717, 1.165) is 17.8 Å². The summed E-state index contributed by atoms with van der Waals surface area (Å²) >= 11 is 0. The standard InChI is InChI=1S/C14H21N5/c1-9(2)8-16-14-17-13(15)19(18-14)12-7-10(3)5-6-11(12)4/h5-7,9H,8H2,1-4H3,(H3,15,16,17,18). The van der Waals surface area contributed by atoms with Crippen LogP contribution in [-0.4, -0.2) is 21.3 Å². The third kappa shape index (κ3) is 3.05. The number of nitrogens with two attached hydrogens (primary N) is 1. The number of benzene rings is 1.